The van der Waals surface area contributed by atoms with Gasteiger partial charge in [0.2, 0.25) is 10.0 Å². The molecule has 0 aromatic rings. The van der Waals surface area contributed by atoms with Crippen molar-refractivity contribution in [3.63, 3.8) is 0 Å². The number of ether oxygens (including phenoxy) is 1. The predicted molar refractivity (Wildman–Crippen MR) is 80.5 cm³/mol. The number of sulfonamides is 1. The summed E-state index contributed by atoms with van der Waals surface area (Å²) in [6.07, 6.45) is 7.77. The van der Waals surface area contributed by atoms with Gasteiger partial charge in [-0.2, -0.15) is 0 Å². The van der Waals surface area contributed by atoms with Crippen molar-refractivity contribution in [2.45, 2.75) is 71.8 Å². The van der Waals surface area contributed by atoms with E-state index in [1.54, 1.807) is 0 Å². The summed E-state index contributed by atoms with van der Waals surface area (Å²) in [7, 11) is -3.26. The smallest absolute Gasteiger partial charge is 0.209 e. The van der Waals surface area contributed by atoms with Crippen molar-refractivity contribution >= 4 is 10.0 Å². The molecule has 4 nitrogen and oxygen atoms in total. The fourth-order valence-corrected chi connectivity index (χ4v) is 2.36. The van der Waals surface area contributed by atoms with Crippen LogP contribution in [0.25, 0.3) is 0 Å². The van der Waals surface area contributed by atoms with Crippen LogP contribution < -0.4 is 5.14 Å². The zero-order valence-electron chi connectivity index (χ0n) is 12.7. The summed E-state index contributed by atoms with van der Waals surface area (Å²) in [5.74, 6) is 0.701. The van der Waals surface area contributed by atoms with Gasteiger partial charge in [-0.3, -0.25) is 0 Å². The third-order valence-corrected chi connectivity index (χ3v) is 4.25. The van der Waals surface area contributed by atoms with E-state index < -0.39 is 10.0 Å². The molecular formula is C14H31NO3S. The molecule has 1 atom stereocenters. The first-order valence-corrected chi connectivity index (χ1v) is 9.16. The van der Waals surface area contributed by atoms with E-state index >= 15 is 0 Å². The molecule has 0 aliphatic heterocycles. The van der Waals surface area contributed by atoms with Gasteiger partial charge in [0, 0.05) is 6.61 Å². The Bertz CT molecular complexity index is 302. The fourth-order valence-electron chi connectivity index (χ4n) is 1.75. The monoisotopic (exact) mass is 293 g/mol. The van der Waals surface area contributed by atoms with E-state index in [1.807, 2.05) is 0 Å². The van der Waals surface area contributed by atoms with E-state index in [-0.39, 0.29) is 5.75 Å². The first-order chi connectivity index (χ1) is 8.83. The highest BCUT2D eigenvalue weighted by Crippen LogP contribution is 2.10. The zero-order chi connectivity index (χ0) is 14.7. The summed E-state index contributed by atoms with van der Waals surface area (Å²) >= 11 is 0. The molecule has 0 radical (unpaired) electrons. The Labute approximate surface area is 119 Å². The molecule has 0 bridgehead atoms. The SMILES string of the molecule is CC(C)C(C)OCCCCCCCCCS(N)(=O)=O. The summed E-state index contributed by atoms with van der Waals surface area (Å²) in [6.45, 7) is 7.32. The van der Waals surface area contributed by atoms with Crippen molar-refractivity contribution in [2.24, 2.45) is 11.1 Å². The average molecular weight is 293 g/mol. The van der Waals surface area contributed by atoms with Crippen LogP contribution in [0.15, 0.2) is 0 Å². The van der Waals surface area contributed by atoms with Gasteiger partial charge in [-0.25, -0.2) is 13.6 Å². The normalized spacial score (nSPS) is 13.9. The second kappa shape index (κ2) is 10.6. The number of unbranched alkanes of at least 4 members (excludes halogenated alkanes) is 6. The van der Waals surface area contributed by atoms with Crippen LogP contribution in [0.5, 0.6) is 0 Å². The maximum Gasteiger partial charge on any atom is 0.209 e. The first kappa shape index (κ1) is 18.9. The van der Waals surface area contributed by atoms with Gasteiger partial charge in [-0.1, -0.05) is 46.0 Å². The lowest BCUT2D eigenvalue weighted by molar-refractivity contribution is 0.0331. The van der Waals surface area contributed by atoms with Crippen molar-refractivity contribution in [1.82, 2.24) is 0 Å². The number of nitrogens with two attached hydrogens (primary N) is 1. The number of primary sulfonamides is 1. The molecule has 2 N–H and O–H groups in total. The van der Waals surface area contributed by atoms with Crippen molar-refractivity contribution < 1.29 is 13.2 Å². The Morgan fingerprint density at radius 3 is 1.84 bits per heavy atom. The molecule has 116 valence electrons. The van der Waals surface area contributed by atoms with Crippen LogP contribution >= 0.6 is 0 Å². The lowest BCUT2D eigenvalue weighted by Gasteiger charge is -2.16. The average Bonchev–Trinajstić information content (AvgIpc) is 2.29. The molecule has 0 aliphatic rings. The highest BCUT2D eigenvalue weighted by molar-refractivity contribution is 7.89. The quantitative estimate of drug-likeness (QED) is 0.562. The van der Waals surface area contributed by atoms with E-state index in [9.17, 15) is 8.42 Å². The Morgan fingerprint density at radius 1 is 0.895 bits per heavy atom. The van der Waals surface area contributed by atoms with Crippen LogP contribution in [0.3, 0.4) is 0 Å². The minimum atomic E-state index is -3.26. The Hall–Kier alpha value is -0.130. The topological polar surface area (TPSA) is 69.4 Å². The van der Waals surface area contributed by atoms with Crippen LogP contribution in [0.2, 0.25) is 0 Å². The molecule has 0 aliphatic carbocycles. The van der Waals surface area contributed by atoms with Gasteiger partial charge in [-0.15, -0.1) is 0 Å². The van der Waals surface area contributed by atoms with Crippen LogP contribution in [-0.4, -0.2) is 26.9 Å². The van der Waals surface area contributed by atoms with Crippen LogP contribution in [-0.2, 0) is 14.8 Å². The third kappa shape index (κ3) is 14.1. The molecule has 0 heterocycles. The largest absolute Gasteiger partial charge is 0.378 e. The minimum Gasteiger partial charge on any atom is -0.378 e. The van der Waals surface area contributed by atoms with E-state index in [0.29, 0.717) is 18.4 Å². The summed E-state index contributed by atoms with van der Waals surface area (Å²) in [5, 5.41) is 4.94. The number of rotatable bonds is 12. The van der Waals surface area contributed by atoms with E-state index in [2.05, 4.69) is 20.8 Å². The molecule has 0 rings (SSSR count). The summed E-state index contributed by atoms with van der Waals surface area (Å²) < 4.78 is 27.1. The highest BCUT2D eigenvalue weighted by Gasteiger charge is 2.06. The maximum atomic E-state index is 10.7. The van der Waals surface area contributed by atoms with Crippen molar-refractivity contribution in [1.29, 1.82) is 0 Å². The van der Waals surface area contributed by atoms with Crippen LogP contribution in [0, 0.1) is 5.92 Å². The lowest BCUT2D eigenvalue weighted by Crippen LogP contribution is -2.16. The molecule has 5 heteroatoms. The lowest BCUT2D eigenvalue weighted by atomic mass is 10.1. The minimum absolute atomic E-state index is 0.119. The highest BCUT2D eigenvalue weighted by atomic mass is 32.2. The zero-order valence-corrected chi connectivity index (χ0v) is 13.5. The molecule has 0 aromatic carbocycles. The van der Waals surface area contributed by atoms with Gasteiger partial charge < -0.3 is 4.74 Å². The number of hydrogen-bond acceptors (Lipinski definition) is 3. The number of hydrogen-bond donors (Lipinski definition) is 1. The van der Waals surface area contributed by atoms with E-state index in [4.69, 9.17) is 9.88 Å². The second-order valence-electron chi connectivity index (χ2n) is 5.66. The summed E-state index contributed by atoms with van der Waals surface area (Å²) in [5.41, 5.74) is 0. The molecule has 0 spiro atoms. The molecule has 0 amide bonds. The molecular weight excluding hydrogens is 262 g/mol. The Morgan fingerprint density at radius 2 is 1.37 bits per heavy atom. The first-order valence-electron chi connectivity index (χ1n) is 7.45. The summed E-state index contributed by atoms with van der Waals surface area (Å²) in [6, 6.07) is 0. The standard InChI is InChI=1S/C14H31NO3S/c1-13(2)14(3)18-11-9-7-5-4-6-8-10-12-19(15,16)17/h13-14H,4-12H2,1-3H3,(H2,15,16,17). The molecule has 0 saturated heterocycles. The predicted octanol–water partition coefficient (Wildman–Crippen LogP) is 3.07. The van der Waals surface area contributed by atoms with Crippen molar-refractivity contribution in [2.75, 3.05) is 12.4 Å². The van der Waals surface area contributed by atoms with Gasteiger partial charge in [0.25, 0.3) is 0 Å². The van der Waals surface area contributed by atoms with Crippen LogP contribution in [0.1, 0.15) is 65.7 Å². The van der Waals surface area contributed by atoms with E-state index in [1.165, 1.54) is 19.3 Å². The summed E-state index contributed by atoms with van der Waals surface area (Å²) in [4.78, 5) is 0. The molecule has 1 unspecified atom stereocenters. The van der Waals surface area contributed by atoms with Gasteiger partial charge >= 0.3 is 0 Å². The van der Waals surface area contributed by atoms with Crippen molar-refractivity contribution in [3.8, 4) is 0 Å². The van der Waals surface area contributed by atoms with Gasteiger partial charge in [0.15, 0.2) is 0 Å². The molecule has 0 fully saturated rings. The molecule has 0 saturated carbocycles. The Kier molecular flexibility index (Phi) is 10.6. The van der Waals surface area contributed by atoms with E-state index in [0.717, 1.165) is 25.9 Å². The van der Waals surface area contributed by atoms with Crippen molar-refractivity contribution in [3.05, 3.63) is 0 Å². The van der Waals surface area contributed by atoms with Gasteiger partial charge in [-0.05, 0) is 25.7 Å². The molecule has 0 aromatic heterocycles. The van der Waals surface area contributed by atoms with Crippen LogP contribution in [0.4, 0.5) is 0 Å². The third-order valence-electron chi connectivity index (χ3n) is 3.39. The molecule has 19 heavy (non-hydrogen) atoms. The van der Waals surface area contributed by atoms with Gasteiger partial charge in [0.1, 0.15) is 0 Å². The van der Waals surface area contributed by atoms with Gasteiger partial charge in [0.05, 0.1) is 11.9 Å². The second-order valence-corrected chi connectivity index (χ2v) is 7.40. The fraction of sp³-hybridized carbons (Fsp3) is 1.00. The maximum absolute atomic E-state index is 10.7. The Balaban J connectivity index is 3.20.